The van der Waals surface area contributed by atoms with Gasteiger partial charge in [0.25, 0.3) is 5.91 Å². The van der Waals surface area contributed by atoms with Gasteiger partial charge < -0.3 is 19.7 Å². The van der Waals surface area contributed by atoms with E-state index >= 15 is 0 Å². The standard InChI is InChI=1S/C23H28N2O4/c1-17-15-25(16-23(29-17)9-12-28-13-10-23)21(26)8-11-24-22(27)20-7-6-18-4-2-3-5-19(18)14-20/h2-7,14,17H,8-13,15-16H2,1H3,(H,24,27)/t17-/m1/s1. The van der Waals surface area contributed by atoms with E-state index in [-0.39, 0.29) is 23.5 Å². The molecule has 2 fully saturated rings. The molecule has 2 aliphatic heterocycles. The smallest absolute Gasteiger partial charge is 0.251 e. The molecule has 6 heteroatoms. The summed E-state index contributed by atoms with van der Waals surface area (Å²) in [6.45, 7) is 4.90. The number of fused-ring (bicyclic) bond motifs is 1. The van der Waals surface area contributed by atoms with E-state index in [1.54, 1.807) is 0 Å². The predicted octanol–water partition coefficient (Wildman–Crippen LogP) is 2.76. The minimum absolute atomic E-state index is 0.0120. The van der Waals surface area contributed by atoms with Gasteiger partial charge in [-0.15, -0.1) is 0 Å². The summed E-state index contributed by atoms with van der Waals surface area (Å²) in [6, 6.07) is 13.6. The lowest BCUT2D eigenvalue weighted by Crippen LogP contribution is -2.58. The molecule has 1 atom stereocenters. The number of hydrogen-bond donors (Lipinski definition) is 1. The molecule has 29 heavy (non-hydrogen) atoms. The zero-order valence-corrected chi connectivity index (χ0v) is 16.9. The number of nitrogens with one attached hydrogen (secondary N) is 1. The molecule has 2 heterocycles. The molecule has 0 unspecified atom stereocenters. The molecule has 1 N–H and O–H groups in total. The van der Waals surface area contributed by atoms with Gasteiger partial charge >= 0.3 is 0 Å². The fraction of sp³-hybridized carbons (Fsp3) is 0.478. The average Bonchev–Trinajstić information content (AvgIpc) is 2.73. The van der Waals surface area contributed by atoms with Gasteiger partial charge in [-0.1, -0.05) is 30.3 Å². The Balaban J connectivity index is 1.31. The van der Waals surface area contributed by atoms with Crippen LogP contribution >= 0.6 is 0 Å². The monoisotopic (exact) mass is 396 g/mol. The maximum atomic E-state index is 12.8. The summed E-state index contributed by atoms with van der Waals surface area (Å²) in [5.74, 6) is -0.0929. The normalized spacial score (nSPS) is 21.3. The number of morpholine rings is 1. The number of benzene rings is 2. The number of rotatable bonds is 4. The van der Waals surface area contributed by atoms with E-state index in [9.17, 15) is 9.59 Å². The maximum absolute atomic E-state index is 12.8. The van der Waals surface area contributed by atoms with Crippen molar-refractivity contribution in [2.45, 2.75) is 37.9 Å². The van der Waals surface area contributed by atoms with Crippen LogP contribution in [0.15, 0.2) is 42.5 Å². The van der Waals surface area contributed by atoms with E-state index < -0.39 is 0 Å². The van der Waals surface area contributed by atoms with E-state index in [1.807, 2.05) is 54.3 Å². The Labute approximate surface area is 171 Å². The van der Waals surface area contributed by atoms with Gasteiger partial charge in [-0.2, -0.15) is 0 Å². The molecule has 6 nitrogen and oxygen atoms in total. The topological polar surface area (TPSA) is 67.9 Å². The van der Waals surface area contributed by atoms with E-state index in [4.69, 9.17) is 9.47 Å². The first-order valence-corrected chi connectivity index (χ1v) is 10.4. The first-order chi connectivity index (χ1) is 14.0. The van der Waals surface area contributed by atoms with E-state index in [2.05, 4.69) is 5.32 Å². The van der Waals surface area contributed by atoms with Gasteiger partial charge in [0, 0.05) is 57.7 Å². The van der Waals surface area contributed by atoms with E-state index in [0.717, 1.165) is 23.6 Å². The summed E-state index contributed by atoms with van der Waals surface area (Å²) in [4.78, 5) is 27.1. The van der Waals surface area contributed by atoms with Crippen LogP contribution in [0.3, 0.4) is 0 Å². The summed E-state index contributed by atoms with van der Waals surface area (Å²) in [5.41, 5.74) is 0.331. The van der Waals surface area contributed by atoms with Crippen molar-refractivity contribution in [2.24, 2.45) is 0 Å². The van der Waals surface area contributed by atoms with Gasteiger partial charge in [0.1, 0.15) is 0 Å². The molecule has 0 aliphatic carbocycles. The highest BCUT2D eigenvalue weighted by Crippen LogP contribution is 2.31. The zero-order chi connectivity index (χ0) is 20.3. The van der Waals surface area contributed by atoms with Crippen LogP contribution in [-0.4, -0.2) is 61.3 Å². The van der Waals surface area contributed by atoms with Crippen molar-refractivity contribution >= 4 is 22.6 Å². The number of carbonyl (C=O) groups is 2. The molecule has 0 saturated carbocycles. The van der Waals surface area contributed by atoms with Crippen LogP contribution in [0.5, 0.6) is 0 Å². The Morgan fingerprint density at radius 2 is 1.90 bits per heavy atom. The lowest BCUT2D eigenvalue weighted by molar-refractivity contribution is -0.189. The molecule has 2 aromatic carbocycles. The zero-order valence-electron chi connectivity index (χ0n) is 16.9. The van der Waals surface area contributed by atoms with Gasteiger partial charge in [-0.3, -0.25) is 9.59 Å². The number of nitrogens with zero attached hydrogens (tertiary/aromatic N) is 1. The van der Waals surface area contributed by atoms with Crippen LogP contribution in [0, 0.1) is 0 Å². The van der Waals surface area contributed by atoms with Crippen LogP contribution in [0.1, 0.15) is 36.5 Å². The SMILES string of the molecule is C[C@@H]1CN(C(=O)CCNC(=O)c2ccc3ccccc3c2)CC2(CCOCC2)O1. The summed E-state index contributed by atoms with van der Waals surface area (Å²) in [7, 11) is 0. The minimum atomic E-state index is -0.278. The maximum Gasteiger partial charge on any atom is 0.251 e. The number of carbonyl (C=O) groups excluding carboxylic acids is 2. The highest BCUT2D eigenvalue weighted by molar-refractivity contribution is 5.98. The van der Waals surface area contributed by atoms with Gasteiger partial charge in [0.2, 0.25) is 5.91 Å². The average molecular weight is 396 g/mol. The summed E-state index contributed by atoms with van der Waals surface area (Å²) >= 11 is 0. The van der Waals surface area contributed by atoms with Gasteiger partial charge in [0.15, 0.2) is 0 Å². The van der Waals surface area contributed by atoms with Gasteiger partial charge in [-0.05, 0) is 29.8 Å². The van der Waals surface area contributed by atoms with E-state index in [0.29, 0.717) is 44.8 Å². The molecular weight excluding hydrogens is 368 g/mol. The third-order valence-corrected chi connectivity index (χ3v) is 5.80. The Kier molecular flexibility index (Phi) is 5.83. The second-order valence-corrected chi connectivity index (χ2v) is 8.07. The Morgan fingerprint density at radius 3 is 2.69 bits per heavy atom. The first-order valence-electron chi connectivity index (χ1n) is 10.4. The second kappa shape index (κ2) is 8.51. The molecule has 0 bridgehead atoms. The molecule has 4 rings (SSSR count). The molecule has 0 aromatic heterocycles. The lowest BCUT2D eigenvalue weighted by atomic mass is 9.91. The van der Waals surface area contributed by atoms with Crippen LogP contribution < -0.4 is 5.32 Å². The molecule has 2 amide bonds. The van der Waals surface area contributed by atoms with Crippen LogP contribution in [-0.2, 0) is 14.3 Å². The van der Waals surface area contributed by atoms with Crippen molar-refractivity contribution in [1.29, 1.82) is 0 Å². The van der Waals surface area contributed by atoms with Crippen molar-refractivity contribution in [1.82, 2.24) is 10.2 Å². The van der Waals surface area contributed by atoms with E-state index in [1.165, 1.54) is 0 Å². The van der Waals surface area contributed by atoms with Crippen molar-refractivity contribution in [3.8, 4) is 0 Å². The van der Waals surface area contributed by atoms with Crippen molar-refractivity contribution in [2.75, 3.05) is 32.8 Å². The highest BCUT2D eigenvalue weighted by Gasteiger charge is 2.41. The highest BCUT2D eigenvalue weighted by atomic mass is 16.5. The Bertz CT molecular complexity index is 891. The third-order valence-electron chi connectivity index (χ3n) is 5.80. The Morgan fingerprint density at radius 1 is 1.14 bits per heavy atom. The number of amides is 2. The predicted molar refractivity (Wildman–Crippen MR) is 111 cm³/mol. The number of hydrogen-bond acceptors (Lipinski definition) is 4. The summed E-state index contributed by atoms with van der Waals surface area (Å²) < 4.78 is 11.6. The van der Waals surface area contributed by atoms with Crippen molar-refractivity contribution < 1.29 is 19.1 Å². The first kappa shape index (κ1) is 19.9. The molecule has 2 saturated heterocycles. The Hall–Kier alpha value is -2.44. The molecule has 154 valence electrons. The van der Waals surface area contributed by atoms with Gasteiger partial charge in [0.05, 0.1) is 11.7 Å². The largest absolute Gasteiger partial charge is 0.381 e. The third kappa shape index (κ3) is 4.60. The fourth-order valence-corrected chi connectivity index (χ4v) is 4.31. The quantitative estimate of drug-likeness (QED) is 0.863. The van der Waals surface area contributed by atoms with Crippen molar-refractivity contribution in [3.05, 3.63) is 48.0 Å². The molecular formula is C23H28N2O4. The molecule has 2 aliphatic rings. The van der Waals surface area contributed by atoms with Crippen molar-refractivity contribution in [3.63, 3.8) is 0 Å². The molecule has 2 aromatic rings. The van der Waals surface area contributed by atoms with Crippen LogP contribution in [0.25, 0.3) is 10.8 Å². The fourth-order valence-electron chi connectivity index (χ4n) is 4.31. The lowest BCUT2D eigenvalue weighted by Gasteiger charge is -2.47. The summed E-state index contributed by atoms with van der Waals surface area (Å²) in [5, 5.41) is 5.01. The molecule has 1 spiro atoms. The van der Waals surface area contributed by atoms with Gasteiger partial charge in [-0.25, -0.2) is 0 Å². The minimum Gasteiger partial charge on any atom is -0.381 e. The van der Waals surface area contributed by atoms with Crippen LogP contribution in [0.4, 0.5) is 0 Å². The number of ether oxygens (including phenoxy) is 2. The second-order valence-electron chi connectivity index (χ2n) is 8.07. The van der Waals surface area contributed by atoms with Crippen LogP contribution in [0.2, 0.25) is 0 Å². The molecule has 0 radical (unpaired) electrons. The summed E-state index contributed by atoms with van der Waals surface area (Å²) in [6.07, 6.45) is 1.94.